The first-order valence-electron chi connectivity index (χ1n) is 9.68. The molecule has 1 rings (SSSR count). The van der Waals surface area contributed by atoms with Gasteiger partial charge in [-0.05, 0) is 56.9 Å². The predicted octanol–water partition coefficient (Wildman–Crippen LogP) is 2.49. The van der Waals surface area contributed by atoms with E-state index in [0.29, 0.717) is 0 Å². The van der Waals surface area contributed by atoms with Gasteiger partial charge in [0.15, 0.2) is 0 Å². The fraction of sp³-hybridized carbons (Fsp3) is 0.591. The number of likely N-dealkylation sites (N-methyl/N-ethyl adjacent to an activating group) is 1. The highest BCUT2D eigenvalue weighted by Gasteiger charge is 2.20. The Hall–Kier alpha value is -1.30. The molecule has 0 atom stereocenters. The molecule has 0 heterocycles. The summed E-state index contributed by atoms with van der Waals surface area (Å²) in [7, 11) is 0. The van der Waals surface area contributed by atoms with E-state index in [-0.39, 0.29) is 12.4 Å². The summed E-state index contributed by atoms with van der Waals surface area (Å²) in [6, 6.07) is 10.1. The quantitative estimate of drug-likeness (QED) is 0.318. The number of halogens is 1. The summed E-state index contributed by atoms with van der Waals surface area (Å²) in [4.78, 5) is 0. The molecule has 0 aliphatic rings. The Morgan fingerprint density at radius 3 is 2.12 bits per heavy atom. The standard InChI is InChI=1S/C22H35N2.ClH/c1-4-7-8-9-11-18-24(5-2,6-3)19-12-10-13-21-14-16-22(20-23)17-15-21;/h10,12,14-17H,4-9,11,13,18-19H2,1-3H3;1H/q+1;/p-1. The second-order valence-corrected chi connectivity index (χ2v) is 6.78. The van der Waals surface area contributed by atoms with E-state index in [9.17, 15) is 0 Å². The molecule has 0 aliphatic heterocycles. The lowest BCUT2D eigenvalue weighted by Crippen LogP contribution is -3.00. The van der Waals surface area contributed by atoms with Gasteiger partial charge in [-0.1, -0.05) is 44.4 Å². The van der Waals surface area contributed by atoms with Gasteiger partial charge < -0.3 is 16.9 Å². The van der Waals surface area contributed by atoms with Crippen LogP contribution in [-0.2, 0) is 6.42 Å². The summed E-state index contributed by atoms with van der Waals surface area (Å²) in [6.07, 6.45) is 12.4. The first-order valence-corrected chi connectivity index (χ1v) is 9.68. The van der Waals surface area contributed by atoms with Crippen LogP contribution in [0.25, 0.3) is 0 Å². The molecule has 0 saturated heterocycles. The summed E-state index contributed by atoms with van der Waals surface area (Å²) in [6.45, 7) is 11.8. The first-order chi connectivity index (χ1) is 11.7. The lowest BCUT2D eigenvalue weighted by atomic mass is 10.1. The van der Waals surface area contributed by atoms with Gasteiger partial charge in [-0.3, -0.25) is 0 Å². The van der Waals surface area contributed by atoms with Crippen molar-refractivity contribution in [2.75, 3.05) is 26.2 Å². The van der Waals surface area contributed by atoms with Crippen molar-refractivity contribution in [3.8, 4) is 6.07 Å². The SMILES string of the molecule is CCCCCCC[N+](CC)(CC)CC=CCc1ccc(C#N)cc1.[Cl-]. The second-order valence-electron chi connectivity index (χ2n) is 6.78. The number of nitriles is 1. The molecule has 25 heavy (non-hydrogen) atoms. The molecule has 2 nitrogen and oxygen atoms in total. The van der Waals surface area contributed by atoms with E-state index in [2.05, 4.69) is 51.1 Å². The third-order valence-corrected chi connectivity index (χ3v) is 5.17. The summed E-state index contributed by atoms with van der Waals surface area (Å²) in [5.41, 5.74) is 2.01. The van der Waals surface area contributed by atoms with Crippen LogP contribution in [0.2, 0.25) is 0 Å². The number of benzene rings is 1. The topological polar surface area (TPSA) is 23.8 Å². The number of hydrogen-bond donors (Lipinski definition) is 0. The second kappa shape index (κ2) is 13.9. The number of quaternary nitrogens is 1. The minimum atomic E-state index is 0. The van der Waals surface area contributed by atoms with E-state index in [0.717, 1.165) is 18.5 Å². The fourth-order valence-corrected chi connectivity index (χ4v) is 3.17. The Bertz CT molecular complexity index is 510. The minimum Gasteiger partial charge on any atom is -1.00 e. The molecule has 0 radical (unpaired) electrons. The molecule has 1 aromatic rings. The fourth-order valence-electron chi connectivity index (χ4n) is 3.17. The van der Waals surface area contributed by atoms with Gasteiger partial charge in [0, 0.05) is 0 Å². The molecule has 3 heteroatoms. The summed E-state index contributed by atoms with van der Waals surface area (Å²) in [5, 5.41) is 8.84. The van der Waals surface area contributed by atoms with Gasteiger partial charge >= 0.3 is 0 Å². The van der Waals surface area contributed by atoms with Crippen LogP contribution in [0.4, 0.5) is 0 Å². The van der Waals surface area contributed by atoms with Crippen molar-refractivity contribution in [3.05, 3.63) is 47.5 Å². The highest BCUT2D eigenvalue weighted by molar-refractivity contribution is 5.32. The van der Waals surface area contributed by atoms with Crippen molar-refractivity contribution in [1.82, 2.24) is 0 Å². The Kier molecular flexibility index (Phi) is 13.2. The molecule has 0 saturated carbocycles. The Morgan fingerprint density at radius 1 is 0.920 bits per heavy atom. The van der Waals surface area contributed by atoms with Crippen LogP contribution < -0.4 is 12.4 Å². The minimum absolute atomic E-state index is 0. The first kappa shape index (κ1) is 23.7. The molecular weight excluding hydrogens is 328 g/mol. The third-order valence-electron chi connectivity index (χ3n) is 5.17. The van der Waals surface area contributed by atoms with Crippen LogP contribution in [0.3, 0.4) is 0 Å². The van der Waals surface area contributed by atoms with Gasteiger partial charge in [0.1, 0.15) is 0 Å². The van der Waals surface area contributed by atoms with Crippen LogP contribution in [0.15, 0.2) is 36.4 Å². The molecule has 0 N–H and O–H groups in total. The normalized spacial score (nSPS) is 11.3. The Balaban J connectivity index is 0.00000576. The van der Waals surface area contributed by atoms with E-state index >= 15 is 0 Å². The average molecular weight is 363 g/mol. The van der Waals surface area contributed by atoms with E-state index in [1.54, 1.807) is 0 Å². The highest BCUT2D eigenvalue weighted by Crippen LogP contribution is 2.12. The molecule has 0 amide bonds. The zero-order valence-corrected chi connectivity index (χ0v) is 17.1. The van der Waals surface area contributed by atoms with Crippen LogP contribution >= 0.6 is 0 Å². The zero-order chi connectivity index (χ0) is 17.7. The zero-order valence-electron chi connectivity index (χ0n) is 16.3. The van der Waals surface area contributed by atoms with E-state index in [1.165, 1.54) is 61.8 Å². The number of hydrogen-bond acceptors (Lipinski definition) is 1. The van der Waals surface area contributed by atoms with Crippen LogP contribution in [0.1, 0.15) is 64.0 Å². The van der Waals surface area contributed by atoms with Crippen LogP contribution in [0.5, 0.6) is 0 Å². The van der Waals surface area contributed by atoms with Crippen molar-refractivity contribution >= 4 is 0 Å². The number of unbranched alkanes of at least 4 members (excludes halogenated alkanes) is 4. The van der Waals surface area contributed by atoms with Crippen molar-refractivity contribution in [2.24, 2.45) is 0 Å². The van der Waals surface area contributed by atoms with Crippen molar-refractivity contribution in [1.29, 1.82) is 5.26 Å². The molecule has 0 spiro atoms. The molecule has 1 aromatic carbocycles. The monoisotopic (exact) mass is 362 g/mol. The number of allylic oxidation sites excluding steroid dienone is 1. The predicted molar refractivity (Wildman–Crippen MR) is 104 cm³/mol. The highest BCUT2D eigenvalue weighted by atomic mass is 35.5. The maximum Gasteiger partial charge on any atom is 0.0991 e. The van der Waals surface area contributed by atoms with E-state index in [4.69, 9.17) is 5.26 Å². The van der Waals surface area contributed by atoms with Crippen LogP contribution in [0, 0.1) is 11.3 Å². The molecule has 140 valence electrons. The molecule has 0 unspecified atom stereocenters. The largest absolute Gasteiger partial charge is 1.00 e. The Morgan fingerprint density at radius 2 is 1.56 bits per heavy atom. The van der Waals surface area contributed by atoms with E-state index < -0.39 is 0 Å². The van der Waals surface area contributed by atoms with Gasteiger partial charge in [0.2, 0.25) is 0 Å². The van der Waals surface area contributed by atoms with Gasteiger partial charge in [0.25, 0.3) is 0 Å². The van der Waals surface area contributed by atoms with Crippen molar-refractivity contribution in [3.63, 3.8) is 0 Å². The number of nitrogens with zero attached hydrogens (tertiary/aromatic N) is 2. The molecular formula is C22H35ClN2. The number of rotatable bonds is 12. The van der Waals surface area contributed by atoms with Gasteiger partial charge in [-0.25, -0.2) is 0 Å². The summed E-state index contributed by atoms with van der Waals surface area (Å²) >= 11 is 0. The lowest BCUT2D eigenvalue weighted by molar-refractivity contribution is -0.919. The molecule has 0 aliphatic carbocycles. The molecule has 0 fully saturated rings. The van der Waals surface area contributed by atoms with E-state index in [1.807, 2.05) is 12.1 Å². The van der Waals surface area contributed by atoms with Crippen molar-refractivity contribution in [2.45, 2.75) is 59.3 Å². The van der Waals surface area contributed by atoms with Gasteiger partial charge in [0.05, 0.1) is 37.8 Å². The van der Waals surface area contributed by atoms with Crippen LogP contribution in [-0.4, -0.2) is 30.7 Å². The average Bonchev–Trinajstić information content (AvgIpc) is 2.64. The smallest absolute Gasteiger partial charge is 0.0991 e. The Labute approximate surface area is 161 Å². The maximum atomic E-state index is 8.84. The molecule has 0 aromatic heterocycles. The maximum absolute atomic E-state index is 8.84. The summed E-state index contributed by atoms with van der Waals surface area (Å²) < 4.78 is 1.20. The van der Waals surface area contributed by atoms with Gasteiger partial charge in [-0.15, -0.1) is 0 Å². The van der Waals surface area contributed by atoms with Gasteiger partial charge in [-0.2, -0.15) is 5.26 Å². The summed E-state index contributed by atoms with van der Waals surface area (Å²) in [5.74, 6) is 0. The van der Waals surface area contributed by atoms with Crippen molar-refractivity contribution < 1.29 is 16.9 Å². The lowest BCUT2D eigenvalue weighted by Gasteiger charge is -2.36. The third kappa shape index (κ3) is 9.10. The molecule has 0 bridgehead atoms.